The molecule has 0 spiro atoms. The Bertz CT molecular complexity index is 360. The molecule has 3 aliphatic rings. The molecule has 0 bridgehead atoms. The van der Waals surface area contributed by atoms with Crippen LogP contribution in [0.25, 0.3) is 0 Å². The van der Waals surface area contributed by atoms with Crippen LogP contribution >= 0.6 is 0 Å². The van der Waals surface area contributed by atoms with Crippen LogP contribution in [0.5, 0.6) is 0 Å². The summed E-state index contributed by atoms with van der Waals surface area (Å²) >= 11 is 0. The molecule has 4 atom stereocenters. The van der Waals surface area contributed by atoms with E-state index >= 15 is 0 Å². The minimum Gasteiger partial charge on any atom is -0.481 e. The van der Waals surface area contributed by atoms with Gasteiger partial charge in [-0.25, -0.2) is 0 Å². The third kappa shape index (κ3) is 2.73. The molecule has 3 saturated heterocycles. The average molecular weight is 280 g/mol. The summed E-state index contributed by atoms with van der Waals surface area (Å²) in [7, 11) is 2.22. The number of rotatable bonds is 2. The highest BCUT2D eigenvalue weighted by Gasteiger charge is 2.43. The molecule has 3 fully saturated rings. The smallest absolute Gasteiger partial charge is 0.308 e. The quantitative estimate of drug-likeness (QED) is 0.841. The van der Waals surface area contributed by atoms with E-state index < -0.39 is 5.97 Å². The first-order valence-corrected chi connectivity index (χ1v) is 8.34. The largest absolute Gasteiger partial charge is 0.481 e. The third-order valence-electron chi connectivity index (χ3n) is 5.84. The first-order valence-electron chi connectivity index (χ1n) is 8.34. The maximum absolute atomic E-state index is 11.7. The van der Waals surface area contributed by atoms with Crippen molar-refractivity contribution in [3.63, 3.8) is 0 Å². The Morgan fingerprint density at radius 2 is 1.75 bits per heavy atom. The number of fused-ring (bicyclic) bond motifs is 1. The van der Waals surface area contributed by atoms with Gasteiger partial charge in [-0.3, -0.25) is 9.69 Å². The van der Waals surface area contributed by atoms with Crippen molar-refractivity contribution in [3.8, 4) is 0 Å². The summed E-state index contributed by atoms with van der Waals surface area (Å²) in [6.45, 7) is 3.42. The fraction of sp³-hybridized carbons (Fsp3) is 0.938. The van der Waals surface area contributed by atoms with Gasteiger partial charge in [0.25, 0.3) is 0 Å². The van der Waals surface area contributed by atoms with Gasteiger partial charge in [0.2, 0.25) is 0 Å². The van der Waals surface area contributed by atoms with Crippen LogP contribution in [0, 0.1) is 11.8 Å². The molecular formula is C16H28N2O2. The van der Waals surface area contributed by atoms with E-state index in [4.69, 9.17) is 0 Å². The number of piperidine rings is 3. The van der Waals surface area contributed by atoms with E-state index in [1.165, 1.54) is 38.6 Å². The van der Waals surface area contributed by atoms with Gasteiger partial charge < -0.3 is 10.0 Å². The molecule has 20 heavy (non-hydrogen) atoms. The van der Waals surface area contributed by atoms with Crippen molar-refractivity contribution in [2.45, 2.75) is 57.0 Å². The number of hydrogen-bond acceptors (Lipinski definition) is 3. The number of carbonyl (C=O) groups is 1. The molecule has 3 rings (SSSR count). The van der Waals surface area contributed by atoms with Crippen LogP contribution in [-0.4, -0.2) is 59.6 Å². The number of nitrogens with zero attached hydrogens (tertiary/aromatic N) is 2. The second-order valence-corrected chi connectivity index (χ2v) is 7.04. The highest BCUT2D eigenvalue weighted by atomic mass is 16.4. The Hall–Kier alpha value is -0.610. The van der Waals surface area contributed by atoms with Gasteiger partial charge in [0, 0.05) is 18.6 Å². The lowest BCUT2D eigenvalue weighted by atomic mass is 9.75. The third-order valence-corrected chi connectivity index (χ3v) is 5.84. The molecular weight excluding hydrogens is 252 g/mol. The second kappa shape index (κ2) is 6.02. The van der Waals surface area contributed by atoms with Crippen LogP contribution < -0.4 is 0 Å². The zero-order chi connectivity index (χ0) is 14.1. The first kappa shape index (κ1) is 14.3. The minimum absolute atomic E-state index is 0.135. The molecule has 0 aromatic heterocycles. The van der Waals surface area contributed by atoms with Crippen LogP contribution in [0.1, 0.15) is 44.9 Å². The Balaban J connectivity index is 1.74. The van der Waals surface area contributed by atoms with Gasteiger partial charge in [0.1, 0.15) is 0 Å². The SMILES string of the molecule is CN1CCCC[C@H]1[C@@H]1C[C@H](C(=O)O)[C@@H]2CCCCN2C1. The van der Waals surface area contributed by atoms with E-state index in [1.807, 2.05) is 0 Å². The molecule has 0 radical (unpaired) electrons. The number of hydrogen-bond donors (Lipinski definition) is 1. The van der Waals surface area contributed by atoms with Crippen LogP contribution in [0.15, 0.2) is 0 Å². The molecule has 0 saturated carbocycles. The summed E-state index contributed by atoms with van der Waals surface area (Å²) in [6, 6.07) is 0.917. The maximum Gasteiger partial charge on any atom is 0.308 e. The zero-order valence-electron chi connectivity index (χ0n) is 12.6. The first-order chi connectivity index (χ1) is 9.66. The van der Waals surface area contributed by atoms with E-state index in [9.17, 15) is 9.90 Å². The Labute approximate surface area is 122 Å². The number of aliphatic carboxylic acids is 1. The summed E-state index contributed by atoms with van der Waals surface area (Å²) in [6.07, 6.45) is 8.30. The van der Waals surface area contributed by atoms with Gasteiger partial charge in [-0.1, -0.05) is 12.8 Å². The Morgan fingerprint density at radius 3 is 2.45 bits per heavy atom. The van der Waals surface area contributed by atoms with E-state index in [0.717, 1.165) is 25.9 Å². The van der Waals surface area contributed by atoms with E-state index in [1.54, 1.807) is 0 Å². The van der Waals surface area contributed by atoms with Gasteiger partial charge in [0.15, 0.2) is 0 Å². The van der Waals surface area contributed by atoms with Crippen LogP contribution in [-0.2, 0) is 4.79 Å². The van der Waals surface area contributed by atoms with Crippen molar-refractivity contribution >= 4 is 5.97 Å². The van der Waals surface area contributed by atoms with Gasteiger partial charge in [-0.05, 0) is 58.2 Å². The van der Waals surface area contributed by atoms with Crippen LogP contribution in [0.2, 0.25) is 0 Å². The topological polar surface area (TPSA) is 43.8 Å². The highest BCUT2D eigenvalue weighted by molar-refractivity contribution is 5.71. The molecule has 114 valence electrons. The minimum atomic E-state index is -0.565. The van der Waals surface area contributed by atoms with E-state index in [-0.39, 0.29) is 5.92 Å². The fourth-order valence-electron chi connectivity index (χ4n) is 4.80. The normalized spacial score (nSPS) is 40.2. The molecule has 0 unspecified atom stereocenters. The van der Waals surface area contributed by atoms with Crippen molar-refractivity contribution < 1.29 is 9.90 Å². The molecule has 3 heterocycles. The molecule has 4 nitrogen and oxygen atoms in total. The number of likely N-dealkylation sites (tertiary alicyclic amines) is 1. The monoisotopic (exact) mass is 280 g/mol. The van der Waals surface area contributed by atoms with Gasteiger partial charge >= 0.3 is 5.97 Å². The lowest BCUT2D eigenvalue weighted by molar-refractivity contribution is -0.149. The van der Waals surface area contributed by atoms with E-state index in [2.05, 4.69) is 16.8 Å². The summed E-state index contributed by atoms with van der Waals surface area (Å²) < 4.78 is 0. The van der Waals surface area contributed by atoms with Crippen LogP contribution in [0.3, 0.4) is 0 Å². The number of carboxylic acids is 1. The van der Waals surface area contributed by atoms with Crippen molar-refractivity contribution in [2.24, 2.45) is 11.8 Å². The van der Waals surface area contributed by atoms with Crippen molar-refractivity contribution in [1.29, 1.82) is 0 Å². The molecule has 0 amide bonds. The number of carboxylic acid groups (broad SMARTS) is 1. The Morgan fingerprint density at radius 1 is 1.05 bits per heavy atom. The van der Waals surface area contributed by atoms with Crippen molar-refractivity contribution in [2.75, 3.05) is 26.7 Å². The van der Waals surface area contributed by atoms with Gasteiger partial charge in [-0.15, -0.1) is 0 Å². The maximum atomic E-state index is 11.7. The summed E-state index contributed by atoms with van der Waals surface area (Å²) in [5.74, 6) is -0.148. The molecule has 4 heteroatoms. The summed E-state index contributed by atoms with van der Waals surface area (Å²) in [5, 5.41) is 9.62. The second-order valence-electron chi connectivity index (χ2n) is 7.04. The lowest BCUT2D eigenvalue weighted by Gasteiger charge is -2.49. The van der Waals surface area contributed by atoms with E-state index in [0.29, 0.717) is 18.0 Å². The molecule has 0 aromatic rings. The van der Waals surface area contributed by atoms with Crippen LogP contribution in [0.4, 0.5) is 0 Å². The van der Waals surface area contributed by atoms with Gasteiger partial charge in [0.05, 0.1) is 5.92 Å². The summed E-state index contributed by atoms with van der Waals surface area (Å²) in [5.41, 5.74) is 0. The fourth-order valence-corrected chi connectivity index (χ4v) is 4.80. The Kier molecular flexibility index (Phi) is 4.32. The zero-order valence-corrected chi connectivity index (χ0v) is 12.6. The standard InChI is InChI=1S/C16H28N2O2/c1-17-8-4-2-6-14(17)12-10-13(16(19)20)15-7-3-5-9-18(15)11-12/h12-15H,2-11H2,1H3,(H,19,20)/t12-,13+,14+,15+/m1/s1. The lowest BCUT2D eigenvalue weighted by Crippen LogP contribution is -2.57. The molecule has 0 aliphatic carbocycles. The molecule has 3 aliphatic heterocycles. The summed E-state index contributed by atoms with van der Waals surface area (Å²) in [4.78, 5) is 16.7. The highest BCUT2D eigenvalue weighted by Crippen LogP contribution is 2.37. The molecule has 0 aromatic carbocycles. The predicted molar refractivity (Wildman–Crippen MR) is 78.7 cm³/mol. The molecule has 1 N–H and O–H groups in total. The predicted octanol–water partition coefficient (Wildman–Crippen LogP) is 2.05. The average Bonchev–Trinajstić information content (AvgIpc) is 2.46. The van der Waals surface area contributed by atoms with Crippen molar-refractivity contribution in [1.82, 2.24) is 9.80 Å². The van der Waals surface area contributed by atoms with Crippen molar-refractivity contribution in [3.05, 3.63) is 0 Å². The van der Waals surface area contributed by atoms with Gasteiger partial charge in [-0.2, -0.15) is 0 Å².